The predicted octanol–water partition coefficient (Wildman–Crippen LogP) is 3.85. The molecule has 0 atom stereocenters. The molecule has 0 aliphatic heterocycles. The summed E-state index contributed by atoms with van der Waals surface area (Å²) in [6.45, 7) is 4.07. The van der Waals surface area contributed by atoms with E-state index in [0.29, 0.717) is 5.69 Å². The number of hydrogen-bond donors (Lipinski definition) is 1. The number of pyridine rings is 1. The Hall–Kier alpha value is -2.62. The van der Waals surface area contributed by atoms with Gasteiger partial charge in [0.2, 0.25) is 0 Å². The number of aryl methyl sites for hydroxylation is 2. The lowest BCUT2D eigenvalue weighted by molar-refractivity contribution is 0.102. The van der Waals surface area contributed by atoms with Gasteiger partial charge in [0.05, 0.1) is 5.69 Å². The van der Waals surface area contributed by atoms with Crippen LogP contribution in [-0.4, -0.2) is 15.3 Å². The zero-order valence-electron chi connectivity index (χ0n) is 12.8. The third kappa shape index (κ3) is 2.60. The van der Waals surface area contributed by atoms with E-state index < -0.39 is 0 Å². The molecule has 1 N–H and O–H groups in total. The van der Waals surface area contributed by atoms with E-state index in [1.54, 1.807) is 0 Å². The first-order valence-corrected chi connectivity index (χ1v) is 7.53. The van der Waals surface area contributed by atoms with Crippen molar-refractivity contribution in [3.63, 3.8) is 0 Å². The van der Waals surface area contributed by atoms with Crippen LogP contribution in [0.2, 0.25) is 0 Å². The third-order valence-electron chi connectivity index (χ3n) is 3.70. The molecule has 0 saturated heterocycles. The van der Waals surface area contributed by atoms with Crippen molar-refractivity contribution in [2.75, 3.05) is 5.32 Å². The van der Waals surface area contributed by atoms with Crippen LogP contribution in [0.3, 0.4) is 0 Å². The summed E-state index contributed by atoms with van der Waals surface area (Å²) in [7, 11) is 0. The standard InChI is InChI=1S/C18H19N3O/c1-3-8-15-17(21-12-7-6-11-16(21)19-15)18(22)20-14-10-5-4-9-13(14)2/h4-7,9-12H,3,8H2,1-2H3,(H,20,22). The smallest absolute Gasteiger partial charge is 0.274 e. The first-order chi connectivity index (χ1) is 10.7. The van der Waals surface area contributed by atoms with E-state index in [9.17, 15) is 4.79 Å². The van der Waals surface area contributed by atoms with Crippen LogP contribution in [0.15, 0.2) is 48.7 Å². The molecule has 4 nitrogen and oxygen atoms in total. The van der Waals surface area contributed by atoms with Gasteiger partial charge in [-0.2, -0.15) is 0 Å². The highest BCUT2D eigenvalue weighted by Gasteiger charge is 2.18. The van der Waals surface area contributed by atoms with Crippen molar-refractivity contribution >= 4 is 17.2 Å². The fourth-order valence-electron chi connectivity index (χ4n) is 2.59. The summed E-state index contributed by atoms with van der Waals surface area (Å²) in [4.78, 5) is 17.4. The number of anilines is 1. The number of aromatic nitrogens is 2. The second-order valence-electron chi connectivity index (χ2n) is 5.35. The van der Waals surface area contributed by atoms with Crippen molar-refractivity contribution in [1.29, 1.82) is 0 Å². The molecular weight excluding hydrogens is 274 g/mol. The molecule has 0 unspecified atom stereocenters. The van der Waals surface area contributed by atoms with Gasteiger partial charge in [0.15, 0.2) is 0 Å². The van der Waals surface area contributed by atoms with Gasteiger partial charge in [0.1, 0.15) is 11.3 Å². The molecule has 0 fully saturated rings. The maximum absolute atomic E-state index is 12.8. The minimum atomic E-state index is -0.114. The number of nitrogens with one attached hydrogen (secondary N) is 1. The molecule has 4 heteroatoms. The van der Waals surface area contributed by atoms with Gasteiger partial charge in [-0.3, -0.25) is 9.20 Å². The van der Waals surface area contributed by atoms with Crippen molar-refractivity contribution in [2.45, 2.75) is 26.7 Å². The van der Waals surface area contributed by atoms with Crippen molar-refractivity contribution in [3.05, 3.63) is 65.6 Å². The van der Waals surface area contributed by atoms with Crippen LogP contribution in [0.25, 0.3) is 5.65 Å². The van der Waals surface area contributed by atoms with Crippen LogP contribution >= 0.6 is 0 Å². The maximum Gasteiger partial charge on any atom is 0.274 e. The Morgan fingerprint density at radius 2 is 1.95 bits per heavy atom. The minimum Gasteiger partial charge on any atom is -0.320 e. The molecule has 3 rings (SSSR count). The Morgan fingerprint density at radius 1 is 1.18 bits per heavy atom. The molecule has 0 saturated carbocycles. The van der Waals surface area contributed by atoms with Crippen LogP contribution in [0, 0.1) is 6.92 Å². The number of amides is 1. The molecule has 2 heterocycles. The summed E-state index contributed by atoms with van der Waals surface area (Å²) in [5, 5.41) is 3.00. The van der Waals surface area contributed by atoms with Gasteiger partial charge >= 0.3 is 0 Å². The van der Waals surface area contributed by atoms with Gasteiger partial charge in [-0.25, -0.2) is 4.98 Å². The molecule has 2 aromatic heterocycles. The Kier molecular flexibility index (Phi) is 3.92. The van der Waals surface area contributed by atoms with Crippen LogP contribution < -0.4 is 5.32 Å². The van der Waals surface area contributed by atoms with Gasteiger partial charge in [0.25, 0.3) is 5.91 Å². The summed E-state index contributed by atoms with van der Waals surface area (Å²) < 4.78 is 1.86. The molecular formula is C18H19N3O. The van der Waals surface area contributed by atoms with E-state index in [2.05, 4.69) is 17.2 Å². The van der Waals surface area contributed by atoms with E-state index in [0.717, 1.165) is 35.4 Å². The number of benzene rings is 1. The van der Waals surface area contributed by atoms with E-state index in [1.165, 1.54) is 0 Å². The number of para-hydroxylation sites is 1. The van der Waals surface area contributed by atoms with E-state index in [1.807, 2.05) is 60.0 Å². The highest BCUT2D eigenvalue weighted by atomic mass is 16.2. The molecule has 112 valence electrons. The fraction of sp³-hybridized carbons (Fsp3) is 0.222. The Bertz CT molecular complexity index is 820. The average Bonchev–Trinajstić information content (AvgIpc) is 2.88. The van der Waals surface area contributed by atoms with Crippen molar-refractivity contribution in [2.24, 2.45) is 0 Å². The van der Waals surface area contributed by atoms with Crippen LogP contribution in [0.1, 0.15) is 35.1 Å². The zero-order valence-corrected chi connectivity index (χ0v) is 12.8. The van der Waals surface area contributed by atoms with Crippen molar-refractivity contribution < 1.29 is 4.79 Å². The summed E-state index contributed by atoms with van der Waals surface area (Å²) >= 11 is 0. The lowest BCUT2D eigenvalue weighted by Crippen LogP contribution is -2.17. The minimum absolute atomic E-state index is 0.114. The summed E-state index contributed by atoms with van der Waals surface area (Å²) in [6.07, 6.45) is 3.63. The van der Waals surface area contributed by atoms with Crippen LogP contribution in [-0.2, 0) is 6.42 Å². The molecule has 0 bridgehead atoms. The van der Waals surface area contributed by atoms with Crippen LogP contribution in [0.4, 0.5) is 5.69 Å². The Labute approximate surface area is 129 Å². The fourth-order valence-corrected chi connectivity index (χ4v) is 2.59. The molecule has 22 heavy (non-hydrogen) atoms. The molecule has 0 aliphatic rings. The molecule has 1 aromatic carbocycles. The van der Waals surface area contributed by atoms with Gasteiger partial charge in [-0.1, -0.05) is 37.6 Å². The summed E-state index contributed by atoms with van der Waals surface area (Å²) in [5.41, 5.74) is 4.16. The third-order valence-corrected chi connectivity index (χ3v) is 3.70. The molecule has 0 radical (unpaired) electrons. The SMILES string of the molecule is CCCc1nc2ccccn2c1C(=O)Nc1ccccc1C. The van der Waals surface area contributed by atoms with E-state index >= 15 is 0 Å². The number of fused-ring (bicyclic) bond motifs is 1. The lowest BCUT2D eigenvalue weighted by atomic mass is 10.1. The quantitative estimate of drug-likeness (QED) is 0.794. The molecule has 0 aliphatic carbocycles. The largest absolute Gasteiger partial charge is 0.320 e. The van der Waals surface area contributed by atoms with E-state index in [-0.39, 0.29) is 5.91 Å². The maximum atomic E-state index is 12.8. The molecule has 0 spiro atoms. The normalized spacial score (nSPS) is 10.8. The number of imidazole rings is 1. The van der Waals surface area contributed by atoms with Crippen molar-refractivity contribution in [1.82, 2.24) is 9.38 Å². The van der Waals surface area contributed by atoms with Gasteiger partial charge in [0, 0.05) is 11.9 Å². The first kappa shape index (κ1) is 14.3. The summed E-state index contributed by atoms with van der Waals surface area (Å²) in [5.74, 6) is -0.114. The van der Waals surface area contributed by atoms with Gasteiger partial charge < -0.3 is 5.32 Å². The topological polar surface area (TPSA) is 46.4 Å². The predicted molar refractivity (Wildman–Crippen MR) is 88.3 cm³/mol. The number of rotatable bonds is 4. The molecule has 1 amide bonds. The number of carbonyl (C=O) groups is 1. The zero-order chi connectivity index (χ0) is 15.5. The lowest BCUT2D eigenvalue weighted by Gasteiger charge is -2.09. The number of carbonyl (C=O) groups excluding carboxylic acids is 1. The molecule has 3 aromatic rings. The average molecular weight is 293 g/mol. The monoisotopic (exact) mass is 293 g/mol. The van der Waals surface area contributed by atoms with Crippen LogP contribution in [0.5, 0.6) is 0 Å². The highest BCUT2D eigenvalue weighted by Crippen LogP contribution is 2.18. The second kappa shape index (κ2) is 6.02. The number of nitrogens with zero attached hydrogens (tertiary/aromatic N) is 2. The summed E-state index contributed by atoms with van der Waals surface area (Å²) in [6, 6.07) is 13.5. The second-order valence-corrected chi connectivity index (χ2v) is 5.35. The Morgan fingerprint density at radius 3 is 2.73 bits per heavy atom. The van der Waals surface area contributed by atoms with Gasteiger partial charge in [-0.15, -0.1) is 0 Å². The first-order valence-electron chi connectivity index (χ1n) is 7.53. The van der Waals surface area contributed by atoms with Crippen molar-refractivity contribution in [3.8, 4) is 0 Å². The van der Waals surface area contributed by atoms with E-state index in [4.69, 9.17) is 0 Å². The highest BCUT2D eigenvalue weighted by molar-refractivity contribution is 6.04. The van der Waals surface area contributed by atoms with Gasteiger partial charge in [-0.05, 0) is 37.1 Å². The Balaban J connectivity index is 2.03. The number of hydrogen-bond acceptors (Lipinski definition) is 2.